The highest BCUT2D eigenvalue weighted by Crippen LogP contribution is 2.16. The molecule has 0 bridgehead atoms. The van der Waals surface area contributed by atoms with Gasteiger partial charge in [-0.25, -0.2) is 4.98 Å². The van der Waals surface area contributed by atoms with Gasteiger partial charge in [0.25, 0.3) is 0 Å². The Labute approximate surface area is 87.9 Å². The second kappa shape index (κ2) is 5.05. The summed E-state index contributed by atoms with van der Waals surface area (Å²) in [5.74, 6) is 0.543. The van der Waals surface area contributed by atoms with Crippen LogP contribution in [0.15, 0.2) is 17.6 Å². The highest BCUT2D eigenvalue weighted by molar-refractivity contribution is 7.99. The summed E-state index contributed by atoms with van der Waals surface area (Å²) in [6, 6.07) is 0. The van der Waals surface area contributed by atoms with Crippen LogP contribution in [0.3, 0.4) is 0 Å². The first-order chi connectivity index (χ1) is 6.59. The van der Waals surface area contributed by atoms with Crippen molar-refractivity contribution in [3.05, 3.63) is 12.4 Å². The Kier molecular flexibility index (Phi) is 4.00. The Balaban J connectivity index is 2.58. The highest BCUT2D eigenvalue weighted by atomic mass is 32.2. The van der Waals surface area contributed by atoms with Gasteiger partial charge < -0.3 is 10.3 Å². The van der Waals surface area contributed by atoms with E-state index in [1.165, 1.54) is 11.8 Å². The third-order valence-electron chi connectivity index (χ3n) is 1.58. The van der Waals surface area contributed by atoms with Crippen molar-refractivity contribution < 1.29 is 4.79 Å². The summed E-state index contributed by atoms with van der Waals surface area (Å²) in [7, 11) is 0. The number of nitrogens with zero attached hydrogens (tertiary/aromatic N) is 2. The van der Waals surface area contributed by atoms with Gasteiger partial charge in [-0.1, -0.05) is 25.6 Å². The lowest BCUT2D eigenvalue weighted by Gasteiger charge is -2.08. The minimum absolute atomic E-state index is 0.287. The molecule has 0 spiro atoms. The number of carbonyl (C=O) groups is 1. The van der Waals surface area contributed by atoms with Crippen LogP contribution >= 0.6 is 11.8 Å². The van der Waals surface area contributed by atoms with E-state index in [1.807, 2.05) is 10.8 Å². The predicted octanol–water partition coefficient (Wildman–Crippen LogP) is 1.12. The van der Waals surface area contributed by atoms with E-state index in [9.17, 15) is 4.79 Å². The Morgan fingerprint density at radius 1 is 1.71 bits per heavy atom. The number of rotatable bonds is 5. The van der Waals surface area contributed by atoms with E-state index < -0.39 is 0 Å². The Hall–Kier alpha value is -0.970. The number of primary amides is 1. The van der Waals surface area contributed by atoms with Gasteiger partial charge in [0.15, 0.2) is 5.16 Å². The number of amides is 1. The third kappa shape index (κ3) is 3.41. The number of imidazole rings is 1. The maximum Gasteiger partial charge on any atom is 0.227 e. The van der Waals surface area contributed by atoms with Crippen LogP contribution in [0.2, 0.25) is 0 Å². The normalized spacial score (nSPS) is 10.8. The molecule has 1 heterocycles. The Bertz CT molecular complexity index is 309. The predicted molar refractivity (Wildman–Crippen MR) is 57.0 cm³/mol. The first-order valence-electron chi connectivity index (χ1n) is 4.52. The number of hydrogen-bond acceptors (Lipinski definition) is 3. The van der Waals surface area contributed by atoms with Crippen molar-refractivity contribution in [1.82, 2.24) is 9.55 Å². The average Bonchev–Trinajstić information content (AvgIpc) is 2.47. The molecule has 1 aromatic rings. The molecule has 0 saturated heterocycles. The molecule has 0 fully saturated rings. The average molecular weight is 213 g/mol. The summed E-state index contributed by atoms with van der Waals surface area (Å²) < 4.78 is 2.04. The molecule has 78 valence electrons. The summed E-state index contributed by atoms with van der Waals surface area (Å²) in [6.07, 6.45) is 3.66. The number of nitrogens with two attached hydrogens (primary N) is 1. The maximum atomic E-state index is 10.6. The Morgan fingerprint density at radius 2 is 2.43 bits per heavy atom. The molecule has 2 N–H and O–H groups in total. The van der Waals surface area contributed by atoms with E-state index >= 15 is 0 Å². The Morgan fingerprint density at radius 3 is 3.00 bits per heavy atom. The minimum Gasteiger partial charge on any atom is -0.369 e. The van der Waals surface area contributed by atoms with Crippen LogP contribution in [0.4, 0.5) is 0 Å². The van der Waals surface area contributed by atoms with Crippen LogP contribution in [-0.4, -0.2) is 21.2 Å². The molecule has 5 heteroatoms. The number of aromatic nitrogens is 2. The zero-order chi connectivity index (χ0) is 10.6. The van der Waals surface area contributed by atoms with Gasteiger partial charge in [0.05, 0.1) is 5.75 Å². The smallest absolute Gasteiger partial charge is 0.227 e. The fourth-order valence-corrected chi connectivity index (χ4v) is 1.81. The van der Waals surface area contributed by atoms with Crippen molar-refractivity contribution in [2.45, 2.75) is 25.5 Å². The maximum absolute atomic E-state index is 10.6. The largest absolute Gasteiger partial charge is 0.369 e. The first-order valence-corrected chi connectivity index (χ1v) is 5.50. The van der Waals surface area contributed by atoms with Crippen molar-refractivity contribution in [2.24, 2.45) is 11.7 Å². The van der Waals surface area contributed by atoms with Crippen LogP contribution in [0.5, 0.6) is 0 Å². The second-order valence-electron chi connectivity index (χ2n) is 3.51. The first kappa shape index (κ1) is 11.1. The monoisotopic (exact) mass is 213 g/mol. The molecule has 0 aliphatic heterocycles. The van der Waals surface area contributed by atoms with E-state index in [1.54, 1.807) is 6.20 Å². The van der Waals surface area contributed by atoms with Gasteiger partial charge in [0.2, 0.25) is 5.91 Å². The lowest BCUT2D eigenvalue weighted by molar-refractivity contribution is -0.115. The zero-order valence-electron chi connectivity index (χ0n) is 8.43. The summed E-state index contributed by atoms with van der Waals surface area (Å²) >= 11 is 1.38. The molecule has 0 unspecified atom stereocenters. The summed E-state index contributed by atoms with van der Waals surface area (Å²) in [6.45, 7) is 5.20. The van der Waals surface area contributed by atoms with Crippen LogP contribution in [0.25, 0.3) is 0 Å². The molecule has 1 amide bonds. The van der Waals surface area contributed by atoms with Crippen molar-refractivity contribution >= 4 is 17.7 Å². The van der Waals surface area contributed by atoms with Gasteiger partial charge in [-0.2, -0.15) is 0 Å². The van der Waals surface area contributed by atoms with Crippen molar-refractivity contribution in [3.8, 4) is 0 Å². The highest BCUT2D eigenvalue weighted by Gasteiger charge is 2.06. The van der Waals surface area contributed by atoms with Crippen molar-refractivity contribution in [2.75, 3.05) is 5.75 Å². The fraction of sp³-hybridized carbons (Fsp3) is 0.556. The molecule has 1 rings (SSSR count). The molecular weight excluding hydrogens is 198 g/mol. The SMILES string of the molecule is CC(C)Cn1ccnc1SCC(N)=O. The van der Waals surface area contributed by atoms with E-state index in [4.69, 9.17) is 5.73 Å². The molecule has 0 aromatic carbocycles. The molecule has 0 saturated carbocycles. The number of hydrogen-bond donors (Lipinski definition) is 1. The fourth-order valence-electron chi connectivity index (χ4n) is 1.10. The van der Waals surface area contributed by atoms with Crippen LogP contribution in [0.1, 0.15) is 13.8 Å². The summed E-state index contributed by atoms with van der Waals surface area (Å²) in [4.78, 5) is 14.8. The van der Waals surface area contributed by atoms with Crippen LogP contribution in [-0.2, 0) is 11.3 Å². The molecule has 0 atom stereocenters. The summed E-state index contributed by atoms with van der Waals surface area (Å²) in [5.41, 5.74) is 5.06. The minimum atomic E-state index is -0.311. The lowest BCUT2D eigenvalue weighted by Crippen LogP contribution is -2.14. The molecule has 4 nitrogen and oxygen atoms in total. The molecular formula is C9H15N3OS. The van der Waals surface area contributed by atoms with Crippen molar-refractivity contribution in [1.29, 1.82) is 0 Å². The number of thioether (sulfide) groups is 1. The molecule has 0 aliphatic rings. The van der Waals surface area contributed by atoms with Gasteiger partial charge in [-0.15, -0.1) is 0 Å². The quantitative estimate of drug-likeness (QED) is 0.745. The number of carbonyl (C=O) groups excluding carboxylic acids is 1. The van der Waals surface area contributed by atoms with E-state index in [2.05, 4.69) is 18.8 Å². The van der Waals surface area contributed by atoms with E-state index in [0.717, 1.165) is 11.7 Å². The van der Waals surface area contributed by atoms with Crippen LogP contribution < -0.4 is 5.73 Å². The van der Waals surface area contributed by atoms with Crippen LogP contribution in [0, 0.1) is 5.92 Å². The van der Waals surface area contributed by atoms with E-state index in [-0.39, 0.29) is 11.7 Å². The molecule has 0 aliphatic carbocycles. The van der Waals surface area contributed by atoms with Gasteiger partial charge in [-0.05, 0) is 5.92 Å². The second-order valence-corrected chi connectivity index (χ2v) is 4.45. The topological polar surface area (TPSA) is 60.9 Å². The van der Waals surface area contributed by atoms with Gasteiger partial charge >= 0.3 is 0 Å². The third-order valence-corrected chi connectivity index (χ3v) is 2.61. The van der Waals surface area contributed by atoms with Crippen molar-refractivity contribution in [3.63, 3.8) is 0 Å². The standard InChI is InChI=1S/C9H15N3OS/c1-7(2)5-12-4-3-11-9(12)14-6-8(10)13/h3-4,7H,5-6H2,1-2H3,(H2,10,13). The van der Waals surface area contributed by atoms with Gasteiger partial charge in [0.1, 0.15) is 0 Å². The zero-order valence-corrected chi connectivity index (χ0v) is 9.25. The molecule has 0 radical (unpaired) electrons. The van der Waals surface area contributed by atoms with E-state index in [0.29, 0.717) is 5.92 Å². The lowest BCUT2D eigenvalue weighted by atomic mass is 10.2. The molecule has 14 heavy (non-hydrogen) atoms. The molecule has 1 aromatic heterocycles. The van der Waals surface area contributed by atoms with Gasteiger partial charge in [0, 0.05) is 18.9 Å². The van der Waals surface area contributed by atoms with Gasteiger partial charge in [-0.3, -0.25) is 4.79 Å². The summed E-state index contributed by atoms with van der Waals surface area (Å²) in [5, 5.41) is 0.859.